The number of rotatable bonds is 3. The van der Waals surface area contributed by atoms with E-state index >= 15 is 0 Å². The van der Waals surface area contributed by atoms with Gasteiger partial charge in [0.25, 0.3) is 0 Å². The summed E-state index contributed by atoms with van der Waals surface area (Å²) in [6, 6.07) is 11.4. The van der Waals surface area contributed by atoms with Gasteiger partial charge in [0.2, 0.25) is 0 Å². The Balaban J connectivity index is 1.51. The van der Waals surface area contributed by atoms with Crippen LogP contribution in [0, 0.1) is 11.8 Å². The second kappa shape index (κ2) is 7.56. The Labute approximate surface area is 146 Å². The summed E-state index contributed by atoms with van der Waals surface area (Å²) in [6.45, 7) is 10.5. The molecule has 0 aliphatic carbocycles. The van der Waals surface area contributed by atoms with Crippen molar-refractivity contribution in [2.75, 3.05) is 26.2 Å². The summed E-state index contributed by atoms with van der Waals surface area (Å²) in [4.78, 5) is 17.1. The van der Waals surface area contributed by atoms with Gasteiger partial charge in [-0.1, -0.05) is 44.2 Å². The number of hydrogen-bond acceptors (Lipinski definition) is 2. The molecule has 4 atom stereocenters. The number of nitrogens with one attached hydrogen (secondary N) is 1. The van der Waals surface area contributed by atoms with Crippen LogP contribution in [0.3, 0.4) is 0 Å². The molecule has 2 saturated heterocycles. The van der Waals surface area contributed by atoms with Gasteiger partial charge in [-0.3, -0.25) is 4.90 Å². The lowest BCUT2D eigenvalue weighted by molar-refractivity contribution is 0.143. The molecule has 0 bridgehead atoms. The van der Waals surface area contributed by atoms with Crippen molar-refractivity contribution in [3.05, 3.63) is 35.9 Å². The number of benzene rings is 1. The van der Waals surface area contributed by atoms with Gasteiger partial charge in [0.15, 0.2) is 0 Å². The van der Waals surface area contributed by atoms with Crippen LogP contribution >= 0.6 is 0 Å². The van der Waals surface area contributed by atoms with Crippen molar-refractivity contribution in [1.29, 1.82) is 0 Å². The molecular formula is C20H31N3O. The summed E-state index contributed by atoms with van der Waals surface area (Å²) < 4.78 is 0. The van der Waals surface area contributed by atoms with Crippen LogP contribution < -0.4 is 5.32 Å². The van der Waals surface area contributed by atoms with Gasteiger partial charge in [-0.2, -0.15) is 0 Å². The first-order chi connectivity index (χ1) is 11.5. The van der Waals surface area contributed by atoms with E-state index in [1.807, 2.05) is 4.90 Å². The SMILES string of the molecule is CC1CC(C)CN(C(=O)NC2CCN(C(C)c3ccccc3)C2)C1. The fourth-order valence-electron chi connectivity index (χ4n) is 4.29. The molecule has 2 fully saturated rings. The molecule has 0 aromatic heterocycles. The number of piperidine rings is 1. The number of hydrogen-bond donors (Lipinski definition) is 1. The van der Waals surface area contributed by atoms with E-state index in [0.717, 1.165) is 32.6 Å². The summed E-state index contributed by atoms with van der Waals surface area (Å²) in [5.74, 6) is 1.22. The molecule has 0 radical (unpaired) electrons. The van der Waals surface area contributed by atoms with Gasteiger partial charge in [-0.15, -0.1) is 0 Å². The molecule has 3 rings (SSSR count). The summed E-state index contributed by atoms with van der Waals surface area (Å²) >= 11 is 0. The van der Waals surface area contributed by atoms with Crippen LogP contribution in [-0.2, 0) is 0 Å². The Morgan fingerprint density at radius 1 is 1.12 bits per heavy atom. The molecule has 4 nitrogen and oxygen atoms in total. The van der Waals surface area contributed by atoms with Crippen molar-refractivity contribution < 1.29 is 4.79 Å². The van der Waals surface area contributed by atoms with Crippen LogP contribution in [0.25, 0.3) is 0 Å². The summed E-state index contributed by atoms with van der Waals surface area (Å²) in [5, 5.41) is 3.27. The molecule has 4 heteroatoms. The minimum Gasteiger partial charge on any atom is -0.334 e. The van der Waals surface area contributed by atoms with Crippen LogP contribution in [0.2, 0.25) is 0 Å². The van der Waals surface area contributed by atoms with Crippen LogP contribution in [0.1, 0.15) is 45.2 Å². The van der Waals surface area contributed by atoms with Crippen molar-refractivity contribution in [3.63, 3.8) is 0 Å². The van der Waals surface area contributed by atoms with Gasteiger partial charge in [0.1, 0.15) is 0 Å². The van der Waals surface area contributed by atoms with Gasteiger partial charge in [0.05, 0.1) is 0 Å². The largest absolute Gasteiger partial charge is 0.334 e. The molecule has 2 aliphatic heterocycles. The summed E-state index contributed by atoms with van der Waals surface area (Å²) in [6.07, 6.45) is 2.28. The van der Waals surface area contributed by atoms with E-state index in [9.17, 15) is 4.79 Å². The van der Waals surface area contributed by atoms with Crippen molar-refractivity contribution in [2.45, 2.75) is 45.7 Å². The molecule has 0 spiro atoms. The number of carbonyl (C=O) groups is 1. The van der Waals surface area contributed by atoms with Crippen molar-refractivity contribution in [3.8, 4) is 0 Å². The molecule has 1 aromatic rings. The Hall–Kier alpha value is -1.55. The number of urea groups is 1. The number of likely N-dealkylation sites (tertiary alicyclic amines) is 2. The van der Waals surface area contributed by atoms with E-state index in [4.69, 9.17) is 0 Å². The zero-order valence-corrected chi connectivity index (χ0v) is 15.2. The molecule has 132 valence electrons. The first-order valence-corrected chi connectivity index (χ1v) is 9.37. The number of carbonyl (C=O) groups excluding carboxylic acids is 1. The third-order valence-electron chi connectivity index (χ3n) is 5.53. The predicted molar refractivity (Wildman–Crippen MR) is 97.9 cm³/mol. The van der Waals surface area contributed by atoms with Crippen LogP contribution in [-0.4, -0.2) is 48.1 Å². The summed E-state index contributed by atoms with van der Waals surface area (Å²) in [7, 11) is 0. The van der Waals surface area contributed by atoms with Gasteiger partial charge in [-0.05, 0) is 37.2 Å². The van der Waals surface area contributed by atoms with Gasteiger partial charge in [0, 0.05) is 38.3 Å². The second-order valence-electron chi connectivity index (χ2n) is 7.87. The lowest BCUT2D eigenvalue weighted by Gasteiger charge is -2.35. The smallest absolute Gasteiger partial charge is 0.317 e. The molecule has 2 aliphatic rings. The van der Waals surface area contributed by atoms with E-state index in [-0.39, 0.29) is 12.1 Å². The fourth-order valence-corrected chi connectivity index (χ4v) is 4.29. The van der Waals surface area contributed by atoms with E-state index < -0.39 is 0 Å². The average Bonchev–Trinajstić information content (AvgIpc) is 3.02. The molecule has 0 saturated carbocycles. The van der Waals surface area contributed by atoms with E-state index in [1.54, 1.807) is 0 Å². The zero-order valence-electron chi connectivity index (χ0n) is 15.2. The number of amides is 2. The molecular weight excluding hydrogens is 298 g/mol. The highest BCUT2D eigenvalue weighted by Crippen LogP contribution is 2.25. The standard InChI is InChI=1S/C20H31N3O/c1-15-11-16(2)13-23(12-15)20(24)21-19-9-10-22(14-19)17(3)18-7-5-4-6-8-18/h4-8,15-17,19H,9-14H2,1-3H3,(H,21,24). The molecule has 2 heterocycles. The van der Waals surface area contributed by atoms with E-state index in [2.05, 4.69) is 61.3 Å². The first kappa shape index (κ1) is 17.3. The minimum absolute atomic E-state index is 0.132. The van der Waals surface area contributed by atoms with Crippen LogP contribution in [0.15, 0.2) is 30.3 Å². The van der Waals surface area contributed by atoms with Gasteiger partial charge >= 0.3 is 6.03 Å². The molecule has 2 amide bonds. The molecule has 1 aromatic carbocycles. The zero-order chi connectivity index (χ0) is 17.1. The highest BCUT2D eigenvalue weighted by atomic mass is 16.2. The van der Waals surface area contributed by atoms with E-state index in [1.165, 1.54) is 12.0 Å². The molecule has 24 heavy (non-hydrogen) atoms. The fraction of sp³-hybridized carbons (Fsp3) is 0.650. The van der Waals surface area contributed by atoms with Crippen molar-refractivity contribution >= 4 is 6.03 Å². The van der Waals surface area contributed by atoms with Gasteiger partial charge in [-0.25, -0.2) is 4.79 Å². The van der Waals surface area contributed by atoms with Crippen molar-refractivity contribution in [1.82, 2.24) is 15.1 Å². The lowest BCUT2D eigenvalue weighted by atomic mass is 9.92. The first-order valence-electron chi connectivity index (χ1n) is 9.37. The number of nitrogens with zero attached hydrogens (tertiary/aromatic N) is 2. The lowest BCUT2D eigenvalue weighted by Crippen LogP contribution is -2.50. The Morgan fingerprint density at radius 2 is 1.79 bits per heavy atom. The quantitative estimate of drug-likeness (QED) is 0.921. The van der Waals surface area contributed by atoms with Crippen molar-refractivity contribution in [2.24, 2.45) is 11.8 Å². The monoisotopic (exact) mass is 329 g/mol. The normalized spacial score (nSPS) is 29.5. The predicted octanol–water partition coefficient (Wildman–Crippen LogP) is 3.51. The topological polar surface area (TPSA) is 35.6 Å². The highest BCUT2D eigenvalue weighted by Gasteiger charge is 2.31. The maximum Gasteiger partial charge on any atom is 0.317 e. The van der Waals surface area contributed by atoms with Gasteiger partial charge < -0.3 is 10.2 Å². The molecule has 4 unspecified atom stereocenters. The minimum atomic E-state index is 0.132. The second-order valence-corrected chi connectivity index (χ2v) is 7.87. The average molecular weight is 329 g/mol. The maximum absolute atomic E-state index is 12.6. The maximum atomic E-state index is 12.6. The van der Waals surface area contributed by atoms with E-state index in [0.29, 0.717) is 17.9 Å². The Bertz CT molecular complexity index is 537. The highest BCUT2D eigenvalue weighted by molar-refractivity contribution is 5.74. The summed E-state index contributed by atoms with van der Waals surface area (Å²) in [5.41, 5.74) is 1.35. The molecule has 1 N–H and O–H groups in total. The Kier molecular flexibility index (Phi) is 5.44. The third-order valence-corrected chi connectivity index (χ3v) is 5.53. The Morgan fingerprint density at radius 3 is 2.46 bits per heavy atom. The third kappa shape index (κ3) is 4.10. The van der Waals surface area contributed by atoms with Crippen LogP contribution in [0.5, 0.6) is 0 Å². The van der Waals surface area contributed by atoms with Crippen LogP contribution in [0.4, 0.5) is 4.79 Å².